The number of piperidine rings is 1. The highest BCUT2D eigenvalue weighted by Gasteiger charge is 2.43. The summed E-state index contributed by atoms with van der Waals surface area (Å²) >= 11 is 0. The van der Waals surface area contributed by atoms with Gasteiger partial charge in [-0.2, -0.15) is 0 Å². The molecule has 4 atom stereocenters. The van der Waals surface area contributed by atoms with Crippen molar-refractivity contribution in [1.29, 1.82) is 0 Å². The van der Waals surface area contributed by atoms with E-state index in [4.69, 9.17) is 0 Å². The molecule has 0 spiro atoms. The number of imidazole rings is 1. The SMILES string of the molecule is CN(c1cnc(-c2ccc(-n3ccnc3)cc2O)nn1)[C@H]1C[C@@H]2CC[C@@H](N2)[C@H]1F. The fourth-order valence-electron chi connectivity index (χ4n) is 4.35. The highest BCUT2D eigenvalue weighted by Crippen LogP contribution is 2.33. The van der Waals surface area contributed by atoms with E-state index in [0.29, 0.717) is 23.2 Å². The van der Waals surface area contributed by atoms with E-state index in [9.17, 15) is 9.50 Å². The van der Waals surface area contributed by atoms with Crippen molar-refractivity contribution in [2.24, 2.45) is 0 Å². The molecule has 2 fully saturated rings. The Kier molecular flexibility index (Phi) is 4.39. The van der Waals surface area contributed by atoms with Crippen molar-refractivity contribution in [2.45, 2.75) is 43.6 Å². The Morgan fingerprint density at radius 2 is 2.17 bits per heavy atom. The highest BCUT2D eigenvalue weighted by atomic mass is 19.1. The van der Waals surface area contributed by atoms with Gasteiger partial charge in [0.2, 0.25) is 0 Å². The number of anilines is 1. The summed E-state index contributed by atoms with van der Waals surface area (Å²) in [4.78, 5) is 10.2. The summed E-state index contributed by atoms with van der Waals surface area (Å²) in [5.74, 6) is 0.897. The van der Waals surface area contributed by atoms with Gasteiger partial charge >= 0.3 is 0 Å². The normalized spacial score (nSPS) is 25.9. The maximum Gasteiger partial charge on any atom is 0.185 e. The number of nitrogens with one attached hydrogen (secondary N) is 1. The summed E-state index contributed by atoms with van der Waals surface area (Å²) < 4.78 is 16.6. The molecular weight excluding hydrogens is 373 g/mol. The summed E-state index contributed by atoms with van der Waals surface area (Å²) in [5, 5.41) is 22.2. The molecule has 2 aliphatic rings. The molecule has 0 radical (unpaired) electrons. The lowest BCUT2D eigenvalue weighted by Crippen LogP contribution is -2.55. The summed E-state index contributed by atoms with van der Waals surface area (Å²) in [7, 11) is 1.84. The average Bonchev–Trinajstić information content (AvgIpc) is 3.41. The van der Waals surface area contributed by atoms with Crippen LogP contribution in [-0.4, -0.2) is 61.2 Å². The van der Waals surface area contributed by atoms with Crippen molar-refractivity contribution in [3.05, 3.63) is 43.1 Å². The Hall–Kier alpha value is -3.07. The van der Waals surface area contributed by atoms with Gasteiger partial charge in [-0.25, -0.2) is 14.4 Å². The van der Waals surface area contributed by atoms with E-state index in [1.54, 1.807) is 41.6 Å². The Labute approximate surface area is 167 Å². The molecule has 29 heavy (non-hydrogen) atoms. The highest BCUT2D eigenvalue weighted by molar-refractivity contribution is 5.66. The number of alkyl halides is 1. The van der Waals surface area contributed by atoms with Gasteiger partial charge in [-0.05, 0) is 31.4 Å². The predicted octanol–water partition coefficient (Wildman–Crippen LogP) is 2.10. The van der Waals surface area contributed by atoms with Crippen LogP contribution in [0.4, 0.5) is 10.2 Å². The molecule has 5 rings (SSSR count). The summed E-state index contributed by atoms with van der Waals surface area (Å²) in [6.45, 7) is 0. The van der Waals surface area contributed by atoms with E-state index < -0.39 is 6.17 Å². The summed E-state index contributed by atoms with van der Waals surface area (Å²) in [6.07, 6.45) is 8.41. The second-order valence-corrected chi connectivity index (χ2v) is 7.72. The van der Waals surface area contributed by atoms with Crippen LogP contribution in [0.3, 0.4) is 0 Å². The quantitative estimate of drug-likeness (QED) is 0.699. The average molecular weight is 395 g/mol. The van der Waals surface area contributed by atoms with E-state index in [1.165, 1.54) is 0 Å². The minimum atomic E-state index is -0.944. The number of hydrogen-bond acceptors (Lipinski definition) is 7. The molecule has 3 aromatic rings. The molecule has 0 amide bonds. The van der Waals surface area contributed by atoms with Crippen molar-refractivity contribution in [2.75, 3.05) is 11.9 Å². The Morgan fingerprint density at radius 1 is 1.28 bits per heavy atom. The van der Waals surface area contributed by atoms with Gasteiger partial charge in [0.15, 0.2) is 11.6 Å². The lowest BCUT2D eigenvalue weighted by atomic mass is 9.96. The third-order valence-electron chi connectivity index (χ3n) is 5.99. The molecule has 2 aliphatic heterocycles. The largest absolute Gasteiger partial charge is 0.507 e. The maximum absolute atomic E-state index is 14.8. The van der Waals surface area contributed by atoms with Gasteiger partial charge in [0, 0.05) is 37.6 Å². The number of fused-ring (bicyclic) bond motifs is 2. The molecule has 2 bridgehead atoms. The van der Waals surface area contributed by atoms with E-state index in [0.717, 1.165) is 24.9 Å². The number of halogens is 1. The van der Waals surface area contributed by atoms with Gasteiger partial charge in [-0.15, -0.1) is 10.2 Å². The van der Waals surface area contributed by atoms with Crippen LogP contribution in [0, 0.1) is 0 Å². The third kappa shape index (κ3) is 3.21. The first-order valence-corrected chi connectivity index (χ1v) is 9.74. The van der Waals surface area contributed by atoms with Crippen molar-refractivity contribution >= 4 is 5.82 Å². The maximum atomic E-state index is 14.8. The molecule has 0 saturated carbocycles. The van der Waals surface area contributed by atoms with E-state index in [2.05, 4.69) is 25.5 Å². The molecule has 1 aromatic carbocycles. The summed E-state index contributed by atoms with van der Waals surface area (Å²) in [5.41, 5.74) is 1.27. The smallest absolute Gasteiger partial charge is 0.185 e. The monoisotopic (exact) mass is 395 g/mol. The van der Waals surface area contributed by atoms with Crippen LogP contribution in [0.1, 0.15) is 19.3 Å². The fraction of sp³-hybridized carbons (Fsp3) is 0.400. The Bertz CT molecular complexity index is 995. The van der Waals surface area contributed by atoms with Crippen LogP contribution in [-0.2, 0) is 0 Å². The number of aromatic hydroxyl groups is 1. The van der Waals surface area contributed by atoms with Crippen molar-refractivity contribution in [1.82, 2.24) is 30.0 Å². The van der Waals surface area contributed by atoms with Crippen molar-refractivity contribution in [3.63, 3.8) is 0 Å². The minimum Gasteiger partial charge on any atom is -0.507 e. The molecule has 0 aliphatic carbocycles. The Balaban J connectivity index is 1.36. The number of hydrogen-bond donors (Lipinski definition) is 2. The first-order valence-electron chi connectivity index (χ1n) is 9.74. The van der Waals surface area contributed by atoms with E-state index >= 15 is 0 Å². The zero-order valence-corrected chi connectivity index (χ0v) is 16.0. The van der Waals surface area contributed by atoms with Crippen LogP contribution in [0.5, 0.6) is 5.75 Å². The predicted molar refractivity (Wildman–Crippen MR) is 106 cm³/mol. The van der Waals surface area contributed by atoms with Crippen LogP contribution >= 0.6 is 0 Å². The minimum absolute atomic E-state index is 0.0536. The van der Waals surface area contributed by atoms with Gasteiger partial charge in [-0.1, -0.05) is 0 Å². The van der Waals surface area contributed by atoms with Gasteiger partial charge in [0.1, 0.15) is 11.9 Å². The van der Waals surface area contributed by atoms with Crippen LogP contribution < -0.4 is 10.2 Å². The Morgan fingerprint density at radius 3 is 2.90 bits per heavy atom. The summed E-state index contributed by atoms with van der Waals surface area (Å²) in [6, 6.07) is 5.27. The zero-order valence-electron chi connectivity index (χ0n) is 16.0. The third-order valence-corrected chi connectivity index (χ3v) is 5.99. The lowest BCUT2D eigenvalue weighted by molar-refractivity contribution is 0.176. The molecule has 9 heteroatoms. The van der Waals surface area contributed by atoms with Crippen molar-refractivity contribution < 1.29 is 9.50 Å². The van der Waals surface area contributed by atoms with Gasteiger partial charge < -0.3 is 19.9 Å². The van der Waals surface area contributed by atoms with Crippen LogP contribution in [0.15, 0.2) is 43.1 Å². The topological polar surface area (TPSA) is 92.0 Å². The number of benzene rings is 1. The lowest BCUT2D eigenvalue weighted by Gasteiger charge is -2.38. The van der Waals surface area contributed by atoms with E-state index in [-0.39, 0.29) is 17.8 Å². The van der Waals surface area contributed by atoms with Gasteiger partial charge in [-0.3, -0.25) is 0 Å². The molecule has 0 unspecified atom stereocenters. The van der Waals surface area contributed by atoms with Crippen molar-refractivity contribution in [3.8, 4) is 22.8 Å². The standard InChI is InChI=1S/C20H22FN7O/c1-27(16-8-12-2-5-15(24-12)19(16)21)18-10-23-20(26-25-18)14-4-3-13(9-17(14)29)28-7-6-22-11-28/h3-4,6-7,9-12,15-16,19,24,29H,2,5,8H2,1H3/t12-,15+,16-,19+/m0/s1. The molecule has 2 saturated heterocycles. The zero-order chi connectivity index (χ0) is 20.0. The van der Waals surface area contributed by atoms with Crippen LogP contribution in [0.2, 0.25) is 0 Å². The molecule has 8 nitrogen and oxygen atoms in total. The molecular formula is C20H22FN7O. The second-order valence-electron chi connectivity index (χ2n) is 7.72. The number of phenolic OH excluding ortho intramolecular Hbond substituents is 1. The first-order chi connectivity index (χ1) is 14.1. The second kappa shape index (κ2) is 7.07. The molecule has 2 N–H and O–H groups in total. The number of nitrogens with zero attached hydrogens (tertiary/aromatic N) is 6. The number of aromatic nitrogens is 5. The fourth-order valence-corrected chi connectivity index (χ4v) is 4.35. The van der Waals surface area contributed by atoms with Gasteiger partial charge in [0.25, 0.3) is 0 Å². The number of phenols is 1. The molecule has 150 valence electrons. The first kappa shape index (κ1) is 18.0. The molecule has 4 heterocycles. The van der Waals surface area contributed by atoms with Gasteiger partial charge in [0.05, 0.1) is 29.8 Å². The number of rotatable bonds is 4. The van der Waals surface area contributed by atoms with Crippen LogP contribution in [0.25, 0.3) is 17.1 Å². The van der Waals surface area contributed by atoms with E-state index in [1.807, 2.05) is 18.0 Å². The molecule has 2 aromatic heterocycles.